The van der Waals surface area contributed by atoms with Crippen molar-refractivity contribution in [3.8, 4) is 0 Å². The monoisotopic (exact) mass is 181 g/mol. The lowest BCUT2D eigenvalue weighted by Crippen LogP contribution is -2.08. The smallest absolute Gasteiger partial charge is 0.0892 e. The Labute approximate surface area is 78.1 Å². The quantitative estimate of drug-likeness (QED) is 0.543. The third kappa shape index (κ3) is 3.40. The fourth-order valence-electron chi connectivity index (χ4n) is 0.899. The molecule has 13 heavy (non-hydrogen) atoms. The highest BCUT2D eigenvalue weighted by Gasteiger charge is 1.98. The van der Waals surface area contributed by atoms with Crippen LogP contribution in [0.4, 0.5) is 5.69 Å². The molecule has 0 bridgehead atoms. The molecule has 0 saturated carbocycles. The minimum Gasteiger partial charge on any atom is -0.373 e. The van der Waals surface area contributed by atoms with Crippen molar-refractivity contribution >= 4 is 5.69 Å². The topological polar surface area (TPSA) is 60.2 Å². The number of hydrogen-bond acceptors (Lipinski definition) is 4. The Bertz CT molecular complexity index is 263. The summed E-state index contributed by atoms with van der Waals surface area (Å²) in [6.07, 6.45) is 1.92. The standard InChI is InChI=1S/C9H15N3O/c1-7(2)13-6-9-5-8(12-10)3-4-11-9/h3-5,7H,6,10H2,1-2H3,(H,11,12). The van der Waals surface area contributed by atoms with E-state index in [1.54, 1.807) is 12.3 Å². The second-order valence-corrected chi connectivity index (χ2v) is 3.04. The van der Waals surface area contributed by atoms with Crippen molar-refractivity contribution in [3.63, 3.8) is 0 Å². The van der Waals surface area contributed by atoms with Crippen LogP contribution in [0.2, 0.25) is 0 Å². The number of hydrogen-bond donors (Lipinski definition) is 2. The number of aromatic nitrogens is 1. The third-order valence-electron chi connectivity index (χ3n) is 1.55. The van der Waals surface area contributed by atoms with Crippen LogP contribution in [0, 0.1) is 0 Å². The fourth-order valence-corrected chi connectivity index (χ4v) is 0.899. The summed E-state index contributed by atoms with van der Waals surface area (Å²) in [5, 5.41) is 0. The highest BCUT2D eigenvalue weighted by Crippen LogP contribution is 2.07. The minimum absolute atomic E-state index is 0.219. The zero-order valence-electron chi connectivity index (χ0n) is 7.95. The van der Waals surface area contributed by atoms with Crippen LogP contribution in [0.15, 0.2) is 18.3 Å². The lowest BCUT2D eigenvalue weighted by atomic mass is 10.3. The number of nitrogens with zero attached hydrogens (tertiary/aromatic N) is 1. The Hall–Kier alpha value is -1.13. The number of anilines is 1. The molecule has 0 aromatic carbocycles. The van der Waals surface area contributed by atoms with Crippen LogP contribution in [-0.2, 0) is 11.3 Å². The molecule has 1 aromatic heterocycles. The molecular weight excluding hydrogens is 166 g/mol. The van der Waals surface area contributed by atoms with Gasteiger partial charge in [0, 0.05) is 6.20 Å². The highest BCUT2D eigenvalue weighted by atomic mass is 16.5. The van der Waals surface area contributed by atoms with Crippen LogP contribution < -0.4 is 11.3 Å². The molecule has 0 aliphatic heterocycles. The first kappa shape index (κ1) is 9.95. The number of nitrogens with two attached hydrogens (primary N) is 1. The molecule has 0 amide bonds. The lowest BCUT2D eigenvalue weighted by Gasteiger charge is -2.07. The van der Waals surface area contributed by atoms with Gasteiger partial charge in [-0.1, -0.05) is 0 Å². The number of nitrogen functional groups attached to an aromatic ring is 1. The normalized spacial score (nSPS) is 10.5. The van der Waals surface area contributed by atoms with E-state index in [-0.39, 0.29) is 6.10 Å². The molecule has 1 aromatic rings. The average molecular weight is 181 g/mol. The maximum atomic E-state index is 5.40. The number of nitrogens with one attached hydrogen (secondary N) is 1. The van der Waals surface area contributed by atoms with Crippen molar-refractivity contribution in [1.82, 2.24) is 4.98 Å². The van der Waals surface area contributed by atoms with Gasteiger partial charge in [-0.25, -0.2) is 0 Å². The summed E-state index contributed by atoms with van der Waals surface area (Å²) in [4.78, 5) is 4.14. The molecule has 0 unspecified atom stereocenters. The molecule has 4 nitrogen and oxygen atoms in total. The zero-order valence-corrected chi connectivity index (χ0v) is 7.95. The first-order valence-electron chi connectivity index (χ1n) is 4.25. The summed E-state index contributed by atoms with van der Waals surface area (Å²) < 4.78 is 5.40. The van der Waals surface area contributed by atoms with E-state index in [0.29, 0.717) is 6.61 Å². The molecule has 0 radical (unpaired) electrons. The molecule has 0 spiro atoms. The Balaban J connectivity index is 2.56. The van der Waals surface area contributed by atoms with E-state index in [9.17, 15) is 0 Å². The van der Waals surface area contributed by atoms with E-state index < -0.39 is 0 Å². The Morgan fingerprint density at radius 1 is 1.62 bits per heavy atom. The van der Waals surface area contributed by atoms with E-state index >= 15 is 0 Å². The first-order valence-corrected chi connectivity index (χ1v) is 4.25. The number of hydrazine groups is 1. The van der Waals surface area contributed by atoms with E-state index in [4.69, 9.17) is 10.6 Å². The van der Waals surface area contributed by atoms with Gasteiger partial charge in [-0.15, -0.1) is 0 Å². The largest absolute Gasteiger partial charge is 0.373 e. The van der Waals surface area contributed by atoms with Gasteiger partial charge in [0.15, 0.2) is 0 Å². The Morgan fingerprint density at radius 2 is 2.38 bits per heavy atom. The molecular formula is C9H15N3O. The van der Waals surface area contributed by atoms with Crippen LogP contribution in [0.5, 0.6) is 0 Å². The third-order valence-corrected chi connectivity index (χ3v) is 1.55. The lowest BCUT2D eigenvalue weighted by molar-refractivity contribution is 0.0636. The van der Waals surface area contributed by atoms with Gasteiger partial charge >= 0.3 is 0 Å². The molecule has 0 fully saturated rings. The summed E-state index contributed by atoms with van der Waals surface area (Å²) in [5.41, 5.74) is 4.28. The number of ether oxygens (including phenoxy) is 1. The van der Waals surface area contributed by atoms with Crippen molar-refractivity contribution in [2.75, 3.05) is 5.43 Å². The van der Waals surface area contributed by atoms with Gasteiger partial charge in [-0.3, -0.25) is 10.8 Å². The summed E-state index contributed by atoms with van der Waals surface area (Å²) in [6, 6.07) is 3.67. The zero-order chi connectivity index (χ0) is 9.68. The second kappa shape index (κ2) is 4.79. The number of rotatable bonds is 4. The van der Waals surface area contributed by atoms with Gasteiger partial charge in [-0.2, -0.15) is 0 Å². The first-order chi connectivity index (χ1) is 6.22. The predicted molar refractivity (Wildman–Crippen MR) is 52.0 cm³/mol. The molecule has 1 heterocycles. The van der Waals surface area contributed by atoms with E-state index in [1.807, 2.05) is 19.9 Å². The minimum atomic E-state index is 0.219. The highest BCUT2D eigenvalue weighted by molar-refractivity contribution is 5.41. The molecule has 0 saturated heterocycles. The van der Waals surface area contributed by atoms with E-state index in [1.165, 1.54) is 0 Å². The summed E-state index contributed by atoms with van der Waals surface area (Å²) in [5.74, 6) is 5.26. The molecule has 0 atom stereocenters. The van der Waals surface area contributed by atoms with Crippen molar-refractivity contribution in [3.05, 3.63) is 24.0 Å². The van der Waals surface area contributed by atoms with Gasteiger partial charge in [0.05, 0.1) is 24.1 Å². The van der Waals surface area contributed by atoms with Gasteiger partial charge in [0.2, 0.25) is 0 Å². The fraction of sp³-hybridized carbons (Fsp3) is 0.444. The maximum Gasteiger partial charge on any atom is 0.0892 e. The van der Waals surface area contributed by atoms with Gasteiger partial charge in [0.1, 0.15) is 0 Å². The van der Waals surface area contributed by atoms with E-state index in [2.05, 4.69) is 10.4 Å². The molecule has 1 rings (SSSR count). The van der Waals surface area contributed by atoms with Crippen LogP contribution >= 0.6 is 0 Å². The van der Waals surface area contributed by atoms with Crippen molar-refractivity contribution in [2.45, 2.75) is 26.6 Å². The van der Waals surface area contributed by atoms with Gasteiger partial charge < -0.3 is 10.2 Å². The van der Waals surface area contributed by atoms with Crippen molar-refractivity contribution in [2.24, 2.45) is 5.84 Å². The van der Waals surface area contributed by atoms with Crippen LogP contribution in [0.1, 0.15) is 19.5 Å². The Kier molecular flexibility index (Phi) is 3.67. The van der Waals surface area contributed by atoms with Gasteiger partial charge in [0.25, 0.3) is 0 Å². The van der Waals surface area contributed by atoms with Crippen molar-refractivity contribution in [1.29, 1.82) is 0 Å². The van der Waals surface area contributed by atoms with Gasteiger partial charge in [-0.05, 0) is 26.0 Å². The van der Waals surface area contributed by atoms with Crippen LogP contribution in [0.25, 0.3) is 0 Å². The summed E-state index contributed by atoms with van der Waals surface area (Å²) in [6.45, 7) is 4.50. The molecule has 0 aliphatic rings. The number of pyridine rings is 1. The summed E-state index contributed by atoms with van der Waals surface area (Å²) in [7, 11) is 0. The Morgan fingerprint density at radius 3 is 3.00 bits per heavy atom. The molecule has 0 aliphatic carbocycles. The molecule has 72 valence electrons. The molecule has 3 N–H and O–H groups in total. The maximum absolute atomic E-state index is 5.40. The van der Waals surface area contributed by atoms with Crippen molar-refractivity contribution < 1.29 is 4.74 Å². The van der Waals surface area contributed by atoms with Crippen LogP contribution in [0.3, 0.4) is 0 Å². The second-order valence-electron chi connectivity index (χ2n) is 3.04. The molecule has 4 heteroatoms. The summed E-state index contributed by atoms with van der Waals surface area (Å²) >= 11 is 0. The van der Waals surface area contributed by atoms with Crippen LogP contribution in [-0.4, -0.2) is 11.1 Å². The SMILES string of the molecule is CC(C)OCc1cc(NN)ccn1. The predicted octanol–water partition coefficient (Wildman–Crippen LogP) is 1.29. The average Bonchev–Trinajstić information content (AvgIpc) is 2.15. The van der Waals surface area contributed by atoms with E-state index in [0.717, 1.165) is 11.4 Å².